The van der Waals surface area contributed by atoms with Crippen LogP contribution in [-0.2, 0) is 20.6 Å². The number of rotatable bonds is 6. The van der Waals surface area contributed by atoms with Gasteiger partial charge in [-0.2, -0.15) is 5.10 Å². The molecule has 2 aromatic heterocycles. The van der Waals surface area contributed by atoms with Crippen LogP contribution < -0.4 is 0 Å². The summed E-state index contributed by atoms with van der Waals surface area (Å²) in [4.78, 5) is 5.00. The molecular weight excluding hydrogens is 302 g/mol. The normalized spacial score (nSPS) is 22.4. The van der Waals surface area contributed by atoms with E-state index in [-0.39, 0.29) is 0 Å². The quantitative estimate of drug-likeness (QED) is 0.802. The molecule has 1 saturated heterocycles. The highest BCUT2D eigenvalue weighted by Crippen LogP contribution is 2.36. The van der Waals surface area contributed by atoms with Crippen LogP contribution in [0, 0.1) is 5.92 Å². The van der Waals surface area contributed by atoms with E-state index < -0.39 is 0 Å². The highest BCUT2D eigenvalue weighted by molar-refractivity contribution is 5.13. The zero-order chi connectivity index (χ0) is 17.1. The lowest BCUT2D eigenvalue weighted by atomic mass is 9.85. The van der Waals surface area contributed by atoms with Gasteiger partial charge >= 0.3 is 0 Å². The molecule has 1 fully saturated rings. The SMILES string of the molecule is CCN1CCC[C@@H](CN(C)Cc2cnnn2C)[C@@H]1c1cnn(C)c1. The van der Waals surface area contributed by atoms with Crippen LogP contribution in [0.15, 0.2) is 18.6 Å². The van der Waals surface area contributed by atoms with E-state index in [9.17, 15) is 0 Å². The number of hydrogen-bond acceptors (Lipinski definition) is 5. The highest BCUT2D eigenvalue weighted by Gasteiger charge is 2.33. The fraction of sp³-hybridized carbons (Fsp3) is 0.706. The van der Waals surface area contributed by atoms with Crippen molar-refractivity contribution in [2.24, 2.45) is 20.0 Å². The van der Waals surface area contributed by atoms with Crippen molar-refractivity contribution in [2.45, 2.75) is 32.4 Å². The van der Waals surface area contributed by atoms with Crippen LogP contribution in [0.5, 0.6) is 0 Å². The summed E-state index contributed by atoms with van der Waals surface area (Å²) < 4.78 is 3.77. The van der Waals surface area contributed by atoms with Crippen LogP contribution in [0.4, 0.5) is 0 Å². The van der Waals surface area contributed by atoms with Crippen LogP contribution in [-0.4, -0.2) is 61.3 Å². The van der Waals surface area contributed by atoms with E-state index in [0.717, 1.165) is 25.3 Å². The first kappa shape index (κ1) is 17.1. The second-order valence-electron chi connectivity index (χ2n) is 6.97. The molecule has 1 aliphatic heterocycles. The highest BCUT2D eigenvalue weighted by atomic mass is 15.4. The van der Waals surface area contributed by atoms with E-state index in [2.05, 4.69) is 45.4 Å². The van der Waals surface area contributed by atoms with Crippen molar-refractivity contribution < 1.29 is 0 Å². The number of hydrogen-bond donors (Lipinski definition) is 0. The summed E-state index contributed by atoms with van der Waals surface area (Å²) >= 11 is 0. The number of likely N-dealkylation sites (tertiary alicyclic amines) is 1. The van der Waals surface area contributed by atoms with Gasteiger partial charge in [-0.05, 0) is 38.9 Å². The monoisotopic (exact) mass is 331 g/mol. The smallest absolute Gasteiger partial charge is 0.0738 e. The molecule has 0 amide bonds. The molecule has 3 rings (SSSR count). The zero-order valence-electron chi connectivity index (χ0n) is 15.3. The zero-order valence-corrected chi connectivity index (χ0v) is 15.3. The Morgan fingerprint density at radius 1 is 1.29 bits per heavy atom. The van der Waals surface area contributed by atoms with E-state index in [4.69, 9.17) is 0 Å². The van der Waals surface area contributed by atoms with Gasteiger partial charge in [0.1, 0.15) is 0 Å². The second-order valence-corrected chi connectivity index (χ2v) is 6.97. The molecule has 0 saturated carbocycles. The summed E-state index contributed by atoms with van der Waals surface area (Å²) in [5, 5.41) is 12.4. The minimum Gasteiger partial charge on any atom is -0.300 e. The van der Waals surface area contributed by atoms with Gasteiger partial charge in [0.25, 0.3) is 0 Å². The van der Waals surface area contributed by atoms with Crippen molar-refractivity contribution >= 4 is 0 Å². The van der Waals surface area contributed by atoms with Gasteiger partial charge in [0.2, 0.25) is 0 Å². The first-order valence-corrected chi connectivity index (χ1v) is 8.83. The topological polar surface area (TPSA) is 55.0 Å². The van der Waals surface area contributed by atoms with Gasteiger partial charge in [-0.1, -0.05) is 12.1 Å². The van der Waals surface area contributed by atoms with E-state index in [0.29, 0.717) is 12.0 Å². The van der Waals surface area contributed by atoms with Gasteiger partial charge in [0, 0.05) is 45.0 Å². The van der Waals surface area contributed by atoms with Crippen molar-refractivity contribution in [3.05, 3.63) is 29.8 Å². The molecule has 7 nitrogen and oxygen atoms in total. The van der Waals surface area contributed by atoms with Crippen LogP contribution in [0.2, 0.25) is 0 Å². The molecule has 1 aliphatic rings. The molecule has 0 radical (unpaired) electrons. The fourth-order valence-electron chi connectivity index (χ4n) is 3.97. The van der Waals surface area contributed by atoms with Gasteiger partial charge in [-0.15, -0.1) is 5.10 Å². The molecule has 2 aromatic rings. The molecule has 0 aromatic carbocycles. The molecule has 0 spiro atoms. The minimum absolute atomic E-state index is 0.463. The van der Waals surface area contributed by atoms with Gasteiger partial charge in [0.15, 0.2) is 0 Å². The van der Waals surface area contributed by atoms with Crippen LogP contribution in [0.1, 0.15) is 37.1 Å². The van der Waals surface area contributed by atoms with Crippen LogP contribution >= 0.6 is 0 Å². The molecule has 3 heterocycles. The third-order valence-corrected chi connectivity index (χ3v) is 5.12. The van der Waals surface area contributed by atoms with Gasteiger partial charge in [-0.25, -0.2) is 0 Å². The second kappa shape index (κ2) is 7.44. The molecule has 0 N–H and O–H groups in total. The Morgan fingerprint density at radius 2 is 2.12 bits per heavy atom. The number of aryl methyl sites for hydroxylation is 2. The third kappa shape index (κ3) is 3.67. The lowest BCUT2D eigenvalue weighted by Crippen LogP contribution is -2.42. The molecule has 0 bridgehead atoms. The van der Waals surface area contributed by atoms with Crippen molar-refractivity contribution in [3.63, 3.8) is 0 Å². The van der Waals surface area contributed by atoms with E-state index in [1.165, 1.54) is 24.9 Å². The number of piperidine rings is 1. The lowest BCUT2D eigenvalue weighted by molar-refractivity contribution is 0.0744. The Balaban J connectivity index is 1.72. The first-order chi connectivity index (χ1) is 11.6. The molecule has 2 atom stereocenters. The van der Waals surface area contributed by atoms with Crippen LogP contribution in [0.25, 0.3) is 0 Å². The van der Waals surface area contributed by atoms with Crippen molar-refractivity contribution in [2.75, 3.05) is 26.7 Å². The maximum atomic E-state index is 4.40. The summed E-state index contributed by atoms with van der Waals surface area (Å²) in [6.45, 7) is 6.48. The van der Waals surface area contributed by atoms with E-state index in [1.807, 2.05) is 35.9 Å². The number of aromatic nitrogens is 5. The van der Waals surface area contributed by atoms with Gasteiger partial charge in [0.05, 0.1) is 18.1 Å². The van der Waals surface area contributed by atoms with Gasteiger partial charge in [-0.3, -0.25) is 14.3 Å². The predicted octanol–water partition coefficient (Wildman–Crippen LogP) is 1.45. The Kier molecular flexibility index (Phi) is 5.30. The van der Waals surface area contributed by atoms with E-state index >= 15 is 0 Å². The standard InChI is InChI=1S/C17H29N7/c1-5-24-8-6-7-14(17(24)15-9-19-22(3)12-15)11-21(2)13-16-10-18-20-23(16)4/h9-10,12,14,17H,5-8,11,13H2,1-4H3/t14-,17+/m0/s1. The molecule has 0 aliphatic carbocycles. The summed E-state index contributed by atoms with van der Waals surface area (Å²) in [5.74, 6) is 0.620. The molecule has 132 valence electrons. The molecule has 24 heavy (non-hydrogen) atoms. The number of nitrogens with zero attached hydrogens (tertiary/aromatic N) is 7. The average molecular weight is 331 g/mol. The summed E-state index contributed by atoms with van der Waals surface area (Å²) in [7, 11) is 6.14. The molecular formula is C17H29N7. The average Bonchev–Trinajstić information content (AvgIpc) is 3.16. The summed E-state index contributed by atoms with van der Waals surface area (Å²) in [6.07, 6.45) is 8.61. The Labute approximate surface area is 144 Å². The minimum atomic E-state index is 0.463. The molecule has 0 unspecified atom stereocenters. The first-order valence-electron chi connectivity index (χ1n) is 8.83. The third-order valence-electron chi connectivity index (χ3n) is 5.12. The lowest BCUT2D eigenvalue weighted by Gasteiger charge is -2.42. The summed E-state index contributed by atoms with van der Waals surface area (Å²) in [5.41, 5.74) is 2.50. The molecule has 7 heteroatoms. The fourth-order valence-corrected chi connectivity index (χ4v) is 3.97. The van der Waals surface area contributed by atoms with Gasteiger partial charge < -0.3 is 4.90 Å². The van der Waals surface area contributed by atoms with E-state index in [1.54, 1.807) is 0 Å². The largest absolute Gasteiger partial charge is 0.300 e. The predicted molar refractivity (Wildman–Crippen MR) is 93.3 cm³/mol. The Bertz CT molecular complexity index is 647. The summed E-state index contributed by atoms with van der Waals surface area (Å²) in [6, 6.07) is 0.463. The maximum absolute atomic E-state index is 4.40. The Hall–Kier alpha value is -1.73. The van der Waals surface area contributed by atoms with Crippen molar-refractivity contribution in [1.82, 2.24) is 34.6 Å². The van der Waals surface area contributed by atoms with Crippen molar-refractivity contribution in [3.8, 4) is 0 Å². The van der Waals surface area contributed by atoms with Crippen molar-refractivity contribution in [1.29, 1.82) is 0 Å². The van der Waals surface area contributed by atoms with Crippen LogP contribution in [0.3, 0.4) is 0 Å². The Morgan fingerprint density at radius 3 is 2.75 bits per heavy atom. The maximum Gasteiger partial charge on any atom is 0.0738 e.